The topological polar surface area (TPSA) is 59.2 Å². The summed E-state index contributed by atoms with van der Waals surface area (Å²) in [5, 5.41) is 0.811. The van der Waals surface area contributed by atoms with Gasteiger partial charge in [-0.1, -0.05) is 72.8 Å². The number of carbonyl (C=O) groups excluding carboxylic acids is 1. The van der Waals surface area contributed by atoms with Gasteiger partial charge in [-0.3, -0.25) is 9.59 Å². The van der Waals surface area contributed by atoms with Crippen LogP contribution in [0, 0.1) is 0 Å². The number of nitrogens with one attached hydrogen (secondary N) is 1. The van der Waals surface area contributed by atoms with Crippen molar-refractivity contribution in [3.05, 3.63) is 111 Å². The Balaban J connectivity index is 1.91. The lowest BCUT2D eigenvalue weighted by Crippen LogP contribution is -2.20. The van der Waals surface area contributed by atoms with Gasteiger partial charge in [-0.15, -0.1) is 0 Å². The number of carbonyl (C=O) groups is 1. The first-order chi connectivity index (χ1) is 14.2. The molecule has 4 rings (SSSR count). The van der Waals surface area contributed by atoms with Crippen molar-refractivity contribution < 1.29 is 9.53 Å². The Hall–Kier alpha value is -3.92. The second kappa shape index (κ2) is 7.98. The van der Waals surface area contributed by atoms with Crippen molar-refractivity contribution in [3.8, 4) is 5.75 Å². The van der Waals surface area contributed by atoms with Crippen LogP contribution < -0.4 is 10.3 Å². The number of ether oxygens (including phenoxy) is 1. The number of fused-ring (bicyclic) bond motifs is 1. The zero-order valence-electron chi connectivity index (χ0n) is 15.9. The fourth-order valence-corrected chi connectivity index (χ4v) is 3.33. The third-order valence-electron chi connectivity index (χ3n) is 4.76. The molecule has 3 aromatic carbocycles. The average molecular weight is 381 g/mol. The van der Waals surface area contributed by atoms with E-state index in [1.165, 1.54) is 0 Å². The Morgan fingerprint density at radius 1 is 0.897 bits per heavy atom. The third-order valence-corrected chi connectivity index (χ3v) is 4.76. The molecule has 1 N–H and O–H groups in total. The quantitative estimate of drug-likeness (QED) is 0.498. The molecule has 4 nitrogen and oxygen atoms in total. The van der Waals surface area contributed by atoms with Crippen molar-refractivity contribution in [2.24, 2.45) is 0 Å². The number of para-hydroxylation sites is 1. The molecule has 0 saturated heterocycles. The molecule has 4 aromatic rings. The molecule has 1 aromatic heterocycles. The maximum Gasteiger partial charge on any atom is 0.260 e. The van der Waals surface area contributed by atoms with Gasteiger partial charge in [0.05, 0.1) is 12.7 Å². The molecule has 0 radical (unpaired) electrons. The van der Waals surface area contributed by atoms with Gasteiger partial charge in [0.25, 0.3) is 5.56 Å². The van der Waals surface area contributed by atoms with E-state index < -0.39 is 5.56 Å². The van der Waals surface area contributed by atoms with E-state index >= 15 is 0 Å². The summed E-state index contributed by atoms with van der Waals surface area (Å²) in [4.78, 5) is 28.9. The predicted octanol–water partition coefficient (Wildman–Crippen LogP) is 4.94. The van der Waals surface area contributed by atoms with Crippen LogP contribution in [-0.4, -0.2) is 17.9 Å². The number of hydrogen-bond acceptors (Lipinski definition) is 3. The van der Waals surface area contributed by atoms with Gasteiger partial charge in [0.1, 0.15) is 5.75 Å². The van der Waals surface area contributed by atoms with Crippen molar-refractivity contribution in [3.63, 3.8) is 0 Å². The van der Waals surface area contributed by atoms with E-state index in [-0.39, 0.29) is 11.3 Å². The van der Waals surface area contributed by atoms with Crippen LogP contribution in [-0.2, 0) is 0 Å². The van der Waals surface area contributed by atoms with Gasteiger partial charge >= 0.3 is 0 Å². The molecule has 142 valence electrons. The summed E-state index contributed by atoms with van der Waals surface area (Å²) in [5.74, 6) is 0.436. The number of H-pyrrole nitrogens is 1. The van der Waals surface area contributed by atoms with Crippen LogP contribution in [0.1, 0.15) is 27.0 Å². The van der Waals surface area contributed by atoms with Gasteiger partial charge in [0, 0.05) is 22.0 Å². The van der Waals surface area contributed by atoms with Gasteiger partial charge in [-0.2, -0.15) is 0 Å². The number of ketones is 1. The van der Waals surface area contributed by atoms with E-state index in [0.29, 0.717) is 16.6 Å². The Bertz CT molecular complexity index is 1270. The number of hydrogen-bond donors (Lipinski definition) is 1. The first kappa shape index (κ1) is 18.4. The number of rotatable bonds is 5. The van der Waals surface area contributed by atoms with Crippen molar-refractivity contribution in [2.75, 3.05) is 7.11 Å². The van der Waals surface area contributed by atoms with Gasteiger partial charge in [-0.05, 0) is 23.8 Å². The fraction of sp³-hybridized carbons (Fsp3) is 0.0400. The molecule has 0 spiro atoms. The fourth-order valence-electron chi connectivity index (χ4n) is 3.33. The molecule has 0 aliphatic carbocycles. The standard InChI is InChI=1S/C25H19NO3/c1-29-19-11-7-8-17(16-19)14-15-21-20-12-5-6-13-22(20)26-25(28)23(21)24(27)18-9-3-2-4-10-18/h2-16H,1H3,(H,26,28)/b15-14+. The maximum absolute atomic E-state index is 13.2. The summed E-state index contributed by atoms with van der Waals surface area (Å²) in [5.41, 5.74) is 2.40. The predicted molar refractivity (Wildman–Crippen MR) is 116 cm³/mol. The van der Waals surface area contributed by atoms with Gasteiger partial charge < -0.3 is 9.72 Å². The smallest absolute Gasteiger partial charge is 0.260 e. The second-order valence-corrected chi connectivity index (χ2v) is 6.59. The molecule has 0 bridgehead atoms. The highest BCUT2D eigenvalue weighted by atomic mass is 16.5. The Morgan fingerprint density at radius 3 is 2.45 bits per heavy atom. The molecule has 0 amide bonds. The number of aromatic amines is 1. The van der Waals surface area contributed by atoms with Crippen molar-refractivity contribution in [1.82, 2.24) is 4.98 Å². The average Bonchev–Trinajstić information content (AvgIpc) is 2.77. The summed E-state index contributed by atoms with van der Waals surface area (Å²) in [6.07, 6.45) is 3.70. The van der Waals surface area contributed by atoms with Crippen LogP contribution in [0.2, 0.25) is 0 Å². The van der Waals surface area contributed by atoms with Crippen LogP contribution >= 0.6 is 0 Å². The number of methoxy groups -OCH3 is 1. The van der Waals surface area contributed by atoms with E-state index in [4.69, 9.17) is 4.74 Å². The molecule has 0 fully saturated rings. The van der Waals surface area contributed by atoms with Crippen molar-refractivity contribution in [1.29, 1.82) is 0 Å². The monoisotopic (exact) mass is 381 g/mol. The third kappa shape index (κ3) is 3.73. The zero-order valence-corrected chi connectivity index (χ0v) is 15.9. The molecular formula is C25H19NO3. The van der Waals surface area contributed by atoms with E-state index in [1.807, 2.05) is 66.7 Å². The maximum atomic E-state index is 13.2. The molecular weight excluding hydrogens is 362 g/mol. The van der Waals surface area contributed by atoms with Crippen LogP contribution in [0.3, 0.4) is 0 Å². The molecule has 0 atom stereocenters. The van der Waals surface area contributed by atoms with E-state index in [9.17, 15) is 9.59 Å². The van der Waals surface area contributed by atoms with E-state index in [2.05, 4.69) is 4.98 Å². The van der Waals surface area contributed by atoms with Crippen LogP contribution in [0.5, 0.6) is 5.75 Å². The van der Waals surface area contributed by atoms with Crippen LogP contribution in [0.4, 0.5) is 0 Å². The molecule has 1 heterocycles. The SMILES string of the molecule is COc1cccc(/C=C/c2c(C(=O)c3ccccc3)c(=O)[nH]c3ccccc23)c1. The highest BCUT2D eigenvalue weighted by Gasteiger charge is 2.19. The second-order valence-electron chi connectivity index (χ2n) is 6.59. The lowest BCUT2D eigenvalue weighted by molar-refractivity contribution is 0.103. The molecule has 0 aliphatic heterocycles. The highest BCUT2D eigenvalue weighted by molar-refractivity contribution is 6.13. The minimum atomic E-state index is -0.400. The van der Waals surface area contributed by atoms with Gasteiger partial charge in [0.15, 0.2) is 5.78 Å². The van der Waals surface area contributed by atoms with Gasteiger partial charge in [-0.25, -0.2) is 0 Å². The Morgan fingerprint density at radius 2 is 1.66 bits per heavy atom. The first-order valence-electron chi connectivity index (χ1n) is 9.24. The number of aromatic nitrogens is 1. The number of pyridine rings is 1. The minimum absolute atomic E-state index is 0.133. The number of benzene rings is 3. The normalized spacial score (nSPS) is 11.1. The lowest BCUT2D eigenvalue weighted by Gasteiger charge is -2.09. The summed E-state index contributed by atoms with van der Waals surface area (Å²) in [7, 11) is 1.61. The minimum Gasteiger partial charge on any atom is -0.497 e. The molecule has 0 saturated carbocycles. The molecule has 0 aliphatic rings. The zero-order chi connectivity index (χ0) is 20.2. The largest absolute Gasteiger partial charge is 0.497 e. The summed E-state index contributed by atoms with van der Waals surface area (Å²) >= 11 is 0. The lowest BCUT2D eigenvalue weighted by atomic mass is 9.95. The summed E-state index contributed by atoms with van der Waals surface area (Å²) < 4.78 is 5.27. The molecule has 29 heavy (non-hydrogen) atoms. The highest BCUT2D eigenvalue weighted by Crippen LogP contribution is 2.23. The summed E-state index contributed by atoms with van der Waals surface area (Å²) in [6.45, 7) is 0. The Labute approximate surface area is 168 Å². The van der Waals surface area contributed by atoms with Crippen LogP contribution in [0.25, 0.3) is 23.1 Å². The molecule has 4 heteroatoms. The van der Waals surface area contributed by atoms with E-state index in [0.717, 1.165) is 16.7 Å². The van der Waals surface area contributed by atoms with Crippen LogP contribution in [0.15, 0.2) is 83.7 Å². The van der Waals surface area contributed by atoms with Crippen molar-refractivity contribution >= 4 is 28.8 Å². The first-order valence-corrected chi connectivity index (χ1v) is 9.24. The Kier molecular flexibility index (Phi) is 5.08. The summed E-state index contributed by atoms with van der Waals surface area (Å²) in [6, 6.07) is 23.9. The molecule has 0 unspecified atom stereocenters. The van der Waals surface area contributed by atoms with E-state index in [1.54, 1.807) is 31.4 Å². The van der Waals surface area contributed by atoms with Gasteiger partial charge in [0.2, 0.25) is 0 Å². The van der Waals surface area contributed by atoms with Crippen molar-refractivity contribution in [2.45, 2.75) is 0 Å².